The maximum atomic E-state index is 12.7. The summed E-state index contributed by atoms with van der Waals surface area (Å²) in [7, 11) is 0. The van der Waals surface area contributed by atoms with Crippen molar-refractivity contribution in [3.63, 3.8) is 0 Å². The molecule has 1 aliphatic heterocycles. The first-order chi connectivity index (χ1) is 13.9. The molecule has 1 N–H and O–H groups in total. The van der Waals surface area contributed by atoms with Crippen molar-refractivity contribution in [2.45, 2.75) is 31.7 Å². The number of ether oxygens (including phenoxy) is 1. The van der Waals surface area contributed by atoms with Gasteiger partial charge < -0.3 is 14.7 Å². The van der Waals surface area contributed by atoms with Crippen molar-refractivity contribution in [1.82, 2.24) is 0 Å². The largest absolute Gasteiger partial charge is 0.472 e. The fraction of sp³-hybridized carbons (Fsp3) is 0.261. The summed E-state index contributed by atoms with van der Waals surface area (Å²) in [5, 5.41) is 8.88. The Balaban J connectivity index is 1.69. The van der Waals surface area contributed by atoms with Crippen molar-refractivity contribution in [3.8, 4) is 0 Å². The van der Waals surface area contributed by atoms with Crippen LogP contribution in [0.1, 0.15) is 29.5 Å². The van der Waals surface area contributed by atoms with Crippen molar-refractivity contribution in [1.29, 1.82) is 0 Å². The third kappa shape index (κ3) is 5.41. The molecule has 2 aromatic carbocycles. The van der Waals surface area contributed by atoms with Gasteiger partial charge >= 0.3 is 6.18 Å². The summed E-state index contributed by atoms with van der Waals surface area (Å²) in [6.45, 7) is 4.20. The molecule has 0 saturated heterocycles. The lowest BCUT2D eigenvalue weighted by molar-refractivity contribution is -0.137. The topological polar surface area (TPSA) is 32.7 Å². The molecule has 1 unspecified atom stereocenters. The van der Waals surface area contributed by atoms with E-state index in [1.807, 2.05) is 29.2 Å². The summed E-state index contributed by atoms with van der Waals surface area (Å²) >= 11 is 0. The van der Waals surface area contributed by atoms with Crippen molar-refractivity contribution in [2.24, 2.45) is 0 Å². The Morgan fingerprint density at radius 1 is 1.03 bits per heavy atom. The number of alkyl halides is 3. The molecule has 0 aliphatic carbocycles. The van der Waals surface area contributed by atoms with Gasteiger partial charge in [-0.2, -0.15) is 13.2 Å². The summed E-state index contributed by atoms with van der Waals surface area (Å²) in [5.41, 5.74) is 2.78. The predicted molar refractivity (Wildman–Crippen MR) is 108 cm³/mol. The molecule has 0 fully saturated rings. The lowest BCUT2D eigenvalue weighted by Gasteiger charge is -2.24. The average Bonchev–Trinajstić information content (AvgIpc) is 3.07. The fourth-order valence-electron chi connectivity index (χ4n) is 3.11. The number of benzene rings is 2. The number of anilines is 1. The van der Waals surface area contributed by atoms with Gasteiger partial charge in [-0.15, -0.1) is 0 Å². The molecule has 2 aromatic rings. The van der Waals surface area contributed by atoms with Crippen LogP contribution in [0.4, 0.5) is 18.9 Å². The van der Waals surface area contributed by atoms with Crippen molar-refractivity contribution in [2.75, 3.05) is 11.5 Å². The number of allylic oxidation sites excluding steroid dienone is 1. The molecule has 3 nitrogen and oxygen atoms in total. The van der Waals surface area contributed by atoms with E-state index in [0.29, 0.717) is 11.3 Å². The highest BCUT2D eigenvalue weighted by Gasteiger charge is 2.30. The van der Waals surface area contributed by atoms with Gasteiger partial charge in [0.2, 0.25) is 0 Å². The number of unbranched alkanes of at least 4 members (excludes halogenated alkanes) is 1. The first kappa shape index (κ1) is 21.0. The van der Waals surface area contributed by atoms with Crippen LogP contribution in [0, 0.1) is 6.92 Å². The first-order valence-corrected chi connectivity index (χ1v) is 9.40. The van der Waals surface area contributed by atoms with Crippen LogP contribution >= 0.6 is 0 Å². The van der Waals surface area contributed by atoms with Crippen molar-refractivity contribution >= 4 is 11.8 Å². The molecule has 1 radical (unpaired) electrons. The molecule has 1 aliphatic rings. The van der Waals surface area contributed by atoms with Crippen LogP contribution in [0.15, 0.2) is 66.6 Å². The quantitative estimate of drug-likeness (QED) is 0.615. The molecule has 0 spiro atoms. The maximum Gasteiger partial charge on any atom is 0.416 e. The van der Waals surface area contributed by atoms with Crippen molar-refractivity contribution in [3.05, 3.63) is 90.2 Å². The zero-order valence-corrected chi connectivity index (χ0v) is 15.9. The van der Waals surface area contributed by atoms with E-state index in [1.54, 1.807) is 18.4 Å². The molecular formula is C23H23F3NO2. The molecule has 29 heavy (non-hydrogen) atoms. The highest BCUT2D eigenvalue weighted by molar-refractivity contribution is 5.59. The predicted octanol–water partition coefficient (Wildman–Crippen LogP) is 5.57. The van der Waals surface area contributed by atoms with Gasteiger partial charge in [0, 0.05) is 12.3 Å². The van der Waals surface area contributed by atoms with E-state index < -0.39 is 18.0 Å². The first-order valence-electron chi connectivity index (χ1n) is 9.40. The number of halogens is 3. The number of aryl methyl sites for hydroxylation is 1. The minimum absolute atomic E-state index is 0.200. The Morgan fingerprint density at radius 2 is 1.72 bits per heavy atom. The standard InChI is InChI=1S/C23H23F3NO2/c1-17-16-29-22(14-9-19-5-10-20(11-6-19)23(24,25)26)27(17)21-12-7-18(8-13-21)4-2-3-15-28/h5-14,16,22,28H,1-4,15H2/b14-9+. The number of hydrogen-bond donors (Lipinski definition) is 1. The van der Waals surface area contributed by atoms with Gasteiger partial charge in [0.15, 0.2) is 6.23 Å². The summed E-state index contributed by atoms with van der Waals surface area (Å²) < 4.78 is 43.7. The Morgan fingerprint density at radius 3 is 2.34 bits per heavy atom. The second-order valence-electron chi connectivity index (χ2n) is 6.83. The summed E-state index contributed by atoms with van der Waals surface area (Å²) in [6.07, 6.45) is 2.93. The normalized spacial score (nSPS) is 16.9. The lowest BCUT2D eigenvalue weighted by atomic mass is 10.1. The smallest absolute Gasteiger partial charge is 0.416 e. The van der Waals surface area contributed by atoms with Crippen LogP contribution < -0.4 is 4.90 Å². The van der Waals surface area contributed by atoms with E-state index in [4.69, 9.17) is 9.84 Å². The molecule has 0 saturated carbocycles. The van der Waals surface area contributed by atoms with E-state index in [9.17, 15) is 13.2 Å². The van der Waals surface area contributed by atoms with E-state index >= 15 is 0 Å². The van der Waals surface area contributed by atoms with Crippen LogP contribution in [-0.4, -0.2) is 17.9 Å². The van der Waals surface area contributed by atoms with E-state index in [1.165, 1.54) is 17.7 Å². The van der Waals surface area contributed by atoms with Gasteiger partial charge in [-0.1, -0.05) is 30.3 Å². The minimum atomic E-state index is -4.34. The summed E-state index contributed by atoms with van der Waals surface area (Å²) in [4.78, 5) is 1.91. The van der Waals surface area contributed by atoms with Crippen LogP contribution in [-0.2, 0) is 17.3 Å². The van der Waals surface area contributed by atoms with Crippen molar-refractivity contribution < 1.29 is 23.0 Å². The Labute approximate surface area is 168 Å². The van der Waals surface area contributed by atoms with Gasteiger partial charge in [0.05, 0.1) is 11.3 Å². The monoisotopic (exact) mass is 402 g/mol. The van der Waals surface area contributed by atoms with E-state index in [2.05, 4.69) is 6.92 Å². The zero-order valence-electron chi connectivity index (χ0n) is 15.9. The van der Waals surface area contributed by atoms with E-state index in [0.717, 1.165) is 37.1 Å². The van der Waals surface area contributed by atoms with Gasteiger partial charge in [-0.05, 0) is 67.7 Å². The number of nitrogens with zero attached hydrogens (tertiary/aromatic N) is 1. The number of hydrogen-bond acceptors (Lipinski definition) is 3. The minimum Gasteiger partial charge on any atom is -0.472 e. The maximum absolute atomic E-state index is 12.7. The van der Waals surface area contributed by atoms with Gasteiger partial charge in [0.1, 0.15) is 6.26 Å². The Hall–Kier alpha value is -2.73. The molecular weight excluding hydrogens is 379 g/mol. The van der Waals surface area contributed by atoms with Gasteiger partial charge in [-0.3, -0.25) is 0 Å². The van der Waals surface area contributed by atoms with Crippen LogP contribution in [0.3, 0.4) is 0 Å². The SMILES string of the molecule is [CH2]C1=COC(/C=C/c2ccc(C(F)(F)F)cc2)N1c1ccc(CCCCO)cc1. The lowest BCUT2D eigenvalue weighted by Crippen LogP contribution is -2.28. The second-order valence-corrected chi connectivity index (χ2v) is 6.83. The summed E-state index contributed by atoms with van der Waals surface area (Å²) in [5.74, 6) is 0. The molecule has 3 rings (SSSR count). The third-order valence-corrected chi connectivity index (χ3v) is 4.69. The van der Waals surface area contributed by atoms with Crippen LogP contribution in [0.25, 0.3) is 6.08 Å². The third-order valence-electron chi connectivity index (χ3n) is 4.69. The van der Waals surface area contributed by atoms with Gasteiger partial charge in [-0.25, -0.2) is 0 Å². The fourth-order valence-corrected chi connectivity index (χ4v) is 3.11. The molecule has 153 valence electrons. The Bertz CT molecular complexity index is 855. The molecule has 1 heterocycles. The second kappa shape index (κ2) is 9.18. The van der Waals surface area contributed by atoms with Crippen LogP contribution in [0.5, 0.6) is 0 Å². The number of rotatable bonds is 7. The molecule has 0 bridgehead atoms. The van der Waals surface area contributed by atoms with E-state index in [-0.39, 0.29) is 6.61 Å². The average molecular weight is 402 g/mol. The molecule has 1 atom stereocenters. The molecule has 0 aromatic heterocycles. The highest BCUT2D eigenvalue weighted by Crippen LogP contribution is 2.30. The zero-order chi connectivity index (χ0) is 20.9. The molecule has 6 heteroatoms. The van der Waals surface area contributed by atoms with Crippen LogP contribution in [0.2, 0.25) is 0 Å². The number of aliphatic hydroxyl groups excluding tert-OH is 1. The highest BCUT2D eigenvalue weighted by atomic mass is 19.4. The number of aliphatic hydroxyl groups is 1. The molecule has 0 amide bonds. The Kier molecular flexibility index (Phi) is 6.64. The van der Waals surface area contributed by atoms with Gasteiger partial charge in [0.25, 0.3) is 0 Å². The summed E-state index contributed by atoms with van der Waals surface area (Å²) in [6, 6.07) is 13.0.